The molecule has 1 saturated carbocycles. The van der Waals surface area contributed by atoms with Crippen molar-refractivity contribution in [1.29, 1.82) is 0 Å². The average Bonchev–Trinajstić information content (AvgIpc) is 3.15. The second kappa shape index (κ2) is 5.72. The van der Waals surface area contributed by atoms with Crippen LogP contribution in [0.4, 0.5) is 17.6 Å². The molecule has 1 nitrogen and oxygen atoms in total. The molecule has 0 bridgehead atoms. The fourth-order valence-electron chi connectivity index (χ4n) is 2.50. The molecule has 0 aromatic heterocycles. The van der Waals surface area contributed by atoms with Crippen molar-refractivity contribution in [3.8, 4) is 0 Å². The summed E-state index contributed by atoms with van der Waals surface area (Å²) < 4.78 is 51.6. The predicted molar refractivity (Wildman–Crippen MR) is 69.8 cm³/mol. The van der Waals surface area contributed by atoms with Crippen LogP contribution in [-0.4, -0.2) is 6.04 Å². The van der Waals surface area contributed by atoms with Crippen molar-refractivity contribution in [1.82, 2.24) is 0 Å². The number of hydrogen-bond acceptors (Lipinski definition) is 1. The van der Waals surface area contributed by atoms with Gasteiger partial charge in [-0.15, -0.1) is 0 Å². The molecule has 1 fully saturated rings. The van der Waals surface area contributed by atoms with E-state index in [1.165, 1.54) is 13.0 Å². The molecule has 112 valence electrons. The van der Waals surface area contributed by atoms with Gasteiger partial charge in [-0.05, 0) is 62.1 Å². The summed E-state index contributed by atoms with van der Waals surface area (Å²) in [5, 5.41) is 0. The molecule has 20 heavy (non-hydrogen) atoms. The Labute approximate surface area is 116 Å². The van der Waals surface area contributed by atoms with E-state index in [1.807, 2.05) is 0 Å². The van der Waals surface area contributed by atoms with Crippen molar-refractivity contribution >= 4 is 0 Å². The number of nitrogens with two attached hydrogens (primary N) is 1. The summed E-state index contributed by atoms with van der Waals surface area (Å²) in [6.07, 6.45) is -0.271. The highest BCUT2D eigenvalue weighted by atomic mass is 19.4. The standard InChI is InChI=1S/C15H19F4N/c1-9-7-10(3-2-4-13(20)11-5-6-11)8-12(14(9)16)15(17,18)19/h7-8,11,13H,2-6,20H2,1H3. The fourth-order valence-corrected chi connectivity index (χ4v) is 2.50. The molecule has 0 radical (unpaired) electrons. The Kier molecular flexibility index (Phi) is 4.37. The van der Waals surface area contributed by atoms with E-state index in [1.54, 1.807) is 0 Å². The van der Waals surface area contributed by atoms with Crippen molar-refractivity contribution in [2.24, 2.45) is 11.7 Å². The average molecular weight is 289 g/mol. The van der Waals surface area contributed by atoms with Crippen LogP contribution in [0, 0.1) is 18.7 Å². The first-order valence-electron chi connectivity index (χ1n) is 6.91. The van der Waals surface area contributed by atoms with Crippen LogP contribution in [0.2, 0.25) is 0 Å². The summed E-state index contributed by atoms with van der Waals surface area (Å²) in [6, 6.07) is 2.57. The van der Waals surface area contributed by atoms with Crippen LogP contribution in [-0.2, 0) is 12.6 Å². The smallest absolute Gasteiger partial charge is 0.327 e. The molecule has 2 N–H and O–H groups in total. The first kappa shape index (κ1) is 15.3. The first-order valence-corrected chi connectivity index (χ1v) is 6.91. The van der Waals surface area contributed by atoms with E-state index in [0.717, 1.165) is 31.7 Å². The molecular formula is C15H19F4N. The van der Waals surface area contributed by atoms with Crippen LogP contribution in [0.25, 0.3) is 0 Å². The minimum absolute atomic E-state index is 0.0429. The van der Waals surface area contributed by atoms with Gasteiger partial charge in [-0.2, -0.15) is 13.2 Å². The van der Waals surface area contributed by atoms with Gasteiger partial charge in [-0.1, -0.05) is 6.07 Å². The third-order valence-electron chi connectivity index (χ3n) is 3.85. The lowest BCUT2D eigenvalue weighted by atomic mass is 9.99. The van der Waals surface area contributed by atoms with Gasteiger partial charge in [0.05, 0.1) is 5.56 Å². The normalized spacial score (nSPS) is 17.3. The van der Waals surface area contributed by atoms with Crippen LogP contribution in [0.3, 0.4) is 0 Å². The largest absolute Gasteiger partial charge is 0.419 e. The molecule has 1 atom stereocenters. The molecule has 0 aliphatic heterocycles. The molecule has 2 rings (SSSR count). The highest BCUT2D eigenvalue weighted by Gasteiger charge is 2.35. The summed E-state index contributed by atoms with van der Waals surface area (Å²) in [7, 11) is 0. The maximum absolute atomic E-state index is 13.5. The molecule has 0 spiro atoms. The molecule has 1 aliphatic carbocycles. The summed E-state index contributed by atoms with van der Waals surface area (Å²) >= 11 is 0. The van der Waals surface area contributed by atoms with Crippen LogP contribution in [0.15, 0.2) is 12.1 Å². The Morgan fingerprint density at radius 2 is 1.95 bits per heavy atom. The summed E-state index contributed by atoms with van der Waals surface area (Å²) in [5.74, 6) is -0.577. The lowest BCUT2D eigenvalue weighted by Crippen LogP contribution is -2.22. The Hall–Kier alpha value is -1.10. The van der Waals surface area contributed by atoms with E-state index in [4.69, 9.17) is 5.73 Å². The summed E-state index contributed by atoms with van der Waals surface area (Å²) in [6.45, 7) is 1.37. The zero-order valence-electron chi connectivity index (χ0n) is 11.4. The van der Waals surface area contributed by atoms with Gasteiger partial charge in [0.25, 0.3) is 0 Å². The van der Waals surface area contributed by atoms with Crippen LogP contribution in [0.1, 0.15) is 42.4 Å². The lowest BCUT2D eigenvalue weighted by molar-refractivity contribution is -0.140. The quantitative estimate of drug-likeness (QED) is 0.807. The highest BCUT2D eigenvalue weighted by Crippen LogP contribution is 2.35. The number of aryl methyl sites for hydroxylation is 2. The van der Waals surface area contributed by atoms with Gasteiger partial charge in [0, 0.05) is 6.04 Å². The summed E-state index contributed by atoms with van der Waals surface area (Å²) in [5.41, 5.74) is 5.36. The number of hydrogen-bond donors (Lipinski definition) is 1. The van der Waals surface area contributed by atoms with Crippen molar-refractivity contribution in [3.05, 3.63) is 34.6 Å². The number of rotatable bonds is 5. The van der Waals surface area contributed by atoms with Crippen LogP contribution >= 0.6 is 0 Å². The number of halogens is 4. The zero-order valence-corrected chi connectivity index (χ0v) is 11.4. The molecule has 0 amide bonds. The lowest BCUT2D eigenvalue weighted by Gasteiger charge is -2.13. The predicted octanol–water partition coefficient (Wildman–Crippen LogP) is 4.21. The third-order valence-corrected chi connectivity index (χ3v) is 3.85. The Morgan fingerprint density at radius 3 is 2.50 bits per heavy atom. The van der Waals surface area contributed by atoms with E-state index in [0.29, 0.717) is 17.9 Å². The summed E-state index contributed by atoms with van der Waals surface area (Å²) in [4.78, 5) is 0. The molecule has 1 unspecified atom stereocenters. The topological polar surface area (TPSA) is 26.0 Å². The van der Waals surface area contributed by atoms with E-state index in [-0.39, 0.29) is 11.6 Å². The van der Waals surface area contributed by atoms with Crippen LogP contribution in [0.5, 0.6) is 0 Å². The van der Waals surface area contributed by atoms with E-state index >= 15 is 0 Å². The monoisotopic (exact) mass is 289 g/mol. The molecule has 0 heterocycles. The molecule has 5 heteroatoms. The Bertz CT molecular complexity index is 477. The SMILES string of the molecule is Cc1cc(CCCC(N)C2CC2)cc(C(F)(F)F)c1F. The van der Waals surface area contributed by atoms with E-state index in [9.17, 15) is 17.6 Å². The zero-order chi connectivity index (χ0) is 14.9. The minimum atomic E-state index is -4.64. The van der Waals surface area contributed by atoms with Gasteiger partial charge in [0.1, 0.15) is 5.82 Å². The fraction of sp³-hybridized carbons (Fsp3) is 0.600. The van der Waals surface area contributed by atoms with Crippen molar-refractivity contribution in [2.75, 3.05) is 0 Å². The van der Waals surface area contributed by atoms with Gasteiger partial charge < -0.3 is 5.73 Å². The first-order chi connectivity index (χ1) is 9.29. The van der Waals surface area contributed by atoms with E-state index < -0.39 is 17.6 Å². The second-order valence-electron chi connectivity index (χ2n) is 5.67. The van der Waals surface area contributed by atoms with Gasteiger partial charge in [0.15, 0.2) is 0 Å². The van der Waals surface area contributed by atoms with Gasteiger partial charge in [0.2, 0.25) is 0 Å². The minimum Gasteiger partial charge on any atom is -0.327 e. The molecule has 0 saturated heterocycles. The third kappa shape index (κ3) is 3.72. The van der Waals surface area contributed by atoms with Gasteiger partial charge in [-0.25, -0.2) is 4.39 Å². The van der Waals surface area contributed by atoms with Crippen LogP contribution < -0.4 is 5.73 Å². The molecule has 1 aliphatic rings. The molecule has 1 aromatic rings. The number of alkyl halides is 3. The Morgan fingerprint density at radius 1 is 1.30 bits per heavy atom. The molecule has 1 aromatic carbocycles. The maximum atomic E-state index is 13.5. The number of benzene rings is 1. The van der Waals surface area contributed by atoms with Gasteiger partial charge in [-0.3, -0.25) is 0 Å². The van der Waals surface area contributed by atoms with Crippen molar-refractivity contribution in [2.45, 2.75) is 51.2 Å². The van der Waals surface area contributed by atoms with Crippen molar-refractivity contribution < 1.29 is 17.6 Å². The molecular weight excluding hydrogens is 270 g/mol. The highest BCUT2D eigenvalue weighted by molar-refractivity contribution is 5.33. The van der Waals surface area contributed by atoms with Crippen molar-refractivity contribution in [3.63, 3.8) is 0 Å². The Balaban J connectivity index is 2.02. The van der Waals surface area contributed by atoms with Gasteiger partial charge >= 0.3 is 6.18 Å². The second-order valence-corrected chi connectivity index (χ2v) is 5.67. The van der Waals surface area contributed by atoms with E-state index in [2.05, 4.69) is 0 Å². The maximum Gasteiger partial charge on any atom is 0.419 e.